The summed E-state index contributed by atoms with van der Waals surface area (Å²) in [5.41, 5.74) is 0.155. The molecule has 6 nitrogen and oxygen atoms in total. The van der Waals surface area contributed by atoms with Crippen molar-refractivity contribution in [3.05, 3.63) is 27.7 Å². The lowest BCUT2D eigenvalue weighted by atomic mass is 10.1. The summed E-state index contributed by atoms with van der Waals surface area (Å²) < 4.78 is 0. The van der Waals surface area contributed by atoms with Gasteiger partial charge in [0, 0.05) is 22.7 Å². The highest BCUT2D eigenvalue weighted by Crippen LogP contribution is 2.15. The molecule has 2 aromatic heterocycles. The van der Waals surface area contributed by atoms with Gasteiger partial charge in [0.25, 0.3) is 0 Å². The number of carbonyl (C=O) groups excluding carboxylic acids is 1. The Morgan fingerprint density at radius 2 is 2.29 bits per heavy atom. The van der Waals surface area contributed by atoms with Crippen LogP contribution in [0.2, 0.25) is 0 Å². The zero-order valence-electron chi connectivity index (χ0n) is 7.25. The fraction of sp³-hybridized carbons (Fsp3) is 0.125. The summed E-state index contributed by atoms with van der Waals surface area (Å²) in [7, 11) is 0. The first-order valence-electron chi connectivity index (χ1n) is 3.89. The van der Waals surface area contributed by atoms with Crippen LogP contribution in [0.15, 0.2) is 10.9 Å². The summed E-state index contributed by atoms with van der Waals surface area (Å²) in [5, 5.41) is 17.4. The quantitative estimate of drug-likeness (QED) is 0.600. The molecule has 0 fully saturated rings. The van der Waals surface area contributed by atoms with Crippen LogP contribution < -0.4 is 10.7 Å². The van der Waals surface area contributed by atoms with E-state index in [9.17, 15) is 14.7 Å². The predicted octanol–water partition coefficient (Wildman–Crippen LogP) is -1.08. The van der Waals surface area contributed by atoms with Gasteiger partial charge < -0.3 is 14.9 Å². The van der Waals surface area contributed by atoms with Crippen molar-refractivity contribution in [3.63, 3.8) is 0 Å². The molecule has 2 aromatic rings. The van der Waals surface area contributed by atoms with Crippen molar-refractivity contribution in [2.75, 3.05) is 0 Å². The molecule has 72 valence electrons. The molecule has 0 bridgehead atoms. The standard InChI is InChI=1S/C8H7N3O3/c1-3-6-4(8(13)14)2-5(12)9-7(6)11-10-3/h2H,1H3,(H,13,14)(H2,9,10,11,12)/p-1. The minimum atomic E-state index is -1.38. The fourth-order valence-corrected chi connectivity index (χ4v) is 1.37. The van der Waals surface area contributed by atoms with E-state index < -0.39 is 11.5 Å². The summed E-state index contributed by atoms with van der Waals surface area (Å²) in [6.45, 7) is 1.67. The zero-order chi connectivity index (χ0) is 10.3. The number of pyridine rings is 1. The molecule has 0 aliphatic rings. The molecule has 0 atom stereocenters. The van der Waals surface area contributed by atoms with E-state index in [2.05, 4.69) is 15.2 Å². The summed E-state index contributed by atoms with van der Waals surface area (Å²) >= 11 is 0. The Morgan fingerprint density at radius 1 is 1.57 bits per heavy atom. The minimum absolute atomic E-state index is 0.144. The molecule has 2 rings (SSSR count). The summed E-state index contributed by atoms with van der Waals surface area (Å²) in [6.07, 6.45) is 0. The van der Waals surface area contributed by atoms with Crippen molar-refractivity contribution in [2.45, 2.75) is 6.92 Å². The molecule has 2 heterocycles. The number of aromatic nitrogens is 3. The number of carboxylic acids is 1. The predicted molar refractivity (Wildman–Crippen MR) is 45.8 cm³/mol. The number of aryl methyl sites for hydroxylation is 1. The molecule has 2 N–H and O–H groups in total. The highest BCUT2D eigenvalue weighted by Gasteiger charge is 2.09. The maximum atomic E-state index is 11.0. The van der Waals surface area contributed by atoms with E-state index in [-0.39, 0.29) is 11.2 Å². The van der Waals surface area contributed by atoms with E-state index in [1.54, 1.807) is 6.92 Å². The van der Waals surface area contributed by atoms with Crippen LogP contribution in [0.25, 0.3) is 11.0 Å². The van der Waals surface area contributed by atoms with Gasteiger partial charge in [-0.05, 0) is 6.92 Å². The number of hydrogen-bond acceptors (Lipinski definition) is 4. The van der Waals surface area contributed by atoms with Gasteiger partial charge in [-0.1, -0.05) is 0 Å². The third-order valence-electron chi connectivity index (χ3n) is 1.95. The van der Waals surface area contributed by atoms with Crippen molar-refractivity contribution in [3.8, 4) is 0 Å². The molecular weight excluding hydrogens is 186 g/mol. The van der Waals surface area contributed by atoms with Crippen molar-refractivity contribution in [2.24, 2.45) is 0 Å². The van der Waals surface area contributed by atoms with Crippen molar-refractivity contribution in [1.29, 1.82) is 0 Å². The van der Waals surface area contributed by atoms with Gasteiger partial charge in [-0.15, -0.1) is 0 Å². The summed E-state index contributed by atoms with van der Waals surface area (Å²) in [6, 6.07) is 0.986. The van der Waals surface area contributed by atoms with Crippen LogP contribution >= 0.6 is 0 Å². The summed E-state index contributed by atoms with van der Waals surface area (Å²) in [4.78, 5) is 24.1. The van der Waals surface area contributed by atoms with Gasteiger partial charge in [0.2, 0.25) is 5.56 Å². The minimum Gasteiger partial charge on any atom is -0.545 e. The maximum Gasteiger partial charge on any atom is 0.250 e. The topological polar surface area (TPSA) is 102 Å². The number of fused-ring (bicyclic) bond motifs is 1. The molecule has 0 unspecified atom stereocenters. The molecule has 0 radical (unpaired) electrons. The number of aromatic carboxylic acids is 1. The van der Waals surface area contributed by atoms with E-state index in [0.717, 1.165) is 6.07 Å². The number of aromatic amines is 2. The van der Waals surface area contributed by atoms with Crippen LogP contribution in [0.5, 0.6) is 0 Å². The van der Waals surface area contributed by atoms with Gasteiger partial charge in [-0.2, -0.15) is 5.10 Å². The van der Waals surface area contributed by atoms with Crippen molar-refractivity contribution < 1.29 is 9.90 Å². The lowest BCUT2D eigenvalue weighted by molar-refractivity contribution is -0.254. The largest absolute Gasteiger partial charge is 0.545 e. The molecular formula is C8H6N3O3-. The van der Waals surface area contributed by atoms with E-state index in [0.29, 0.717) is 11.1 Å². The van der Waals surface area contributed by atoms with Gasteiger partial charge in [-0.25, -0.2) is 0 Å². The zero-order valence-corrected chi connectivity index (χ0v) is 7.25. The van der Waals surface area contributed by atoms with Gasteiger partial charge in [0.15, 0.2) is 5.65 Å². The molecule has 0 amide bonds. The van der Waals surface area contributed by atoms with E-state index in [4.69, 9.17) is 0 Å². The Balaban J connectivity index is 2.98. The number of nitrogens with one attached hydrogen (secondary N) is 2. The average molecular weight is 192 g/mol. The number of H-pyrrole nitrogens is 2. The molecule has 6 heteroatoms. The van der Waals surface area contributed by atoms with Gasteiger partial charge >= 0.3 is 0 Å². The number of rotatable bonds is 1. The van der Waals surface area contributed by atoms with Crippen LogP contribution in [-0.4, -0.2) is 21.2 Å². The molecule has 0 aliphatic carbocycles. The second kappa shape index (κ2) is 2.69. The Kier molecular flexibility index (Phi) is 1.63. The van der Waals surface area contributed by atoms with Gasteiger partial charge in [0.05, 0.1) is 5.97 Å². The second-order valence-electron chi connectivity index (χ2n) is 2.91. The Hall–Kier alpha value is -2.11. The molecule has 0 saturated carbocycles. The van der Waals surface area contributed by atoms with Gasteiger partial charge in [0.1, 0.15) is 0 Å². The van der Waals surface area contributed by atoms with Crippen LogP contribution in [0, 0.1) is 6.92 Å². The first-order valence-corrected chi connectivity index (χ1v) is 3.89. The number of nitrogens with zero attached hydrogens (tertiary/aromatic N) is 1. The Morgan fingerprint density at radius 3 is 2.93 bits per heavy atom. The lowest BCUT2D eigenvalue weighted by Gasteiger charge is -2.02. The van der Waals surface area contributed by atoms with Gasteiger partial charge in [-0.3, -0.25) is 9.89 Å². The molecule has 0 saturated heterocycles. The third-order valence-corrected chi connectivity index (χ3v) is 1.95. The van der Waals surface area contributed by atoms with Crippen LogP contribution in [-0.2, 0) is 0 Å². The molecule has 0 aromatic carbocycles. The number of carbonyl (C=O) groups is 1. The SMILES string of the molecule is Cc1[nH]nc2[nH]c(=O)cc(C(=O)[O-])c12. The normalized spacial score (nSPS) is 10.6. The smallest absolute Gasteiger partial charge is 0.250 e. The highest BCUT2D eigenvalue weighted by molar-refractivity contribution is 6.01. The van der Waals surface area contributed by atoms with Crippen molar-refractivity contribution in [1.82, 2.24) is 15.2 Å². The Labute approximate surface area is 77.6 Å². The third kappa shape index (κ3) is 1.08. The first kappa shape index (κ1) is 8.49. The number of carboxylic acid groups (broad SMARTS) is 1. The monoisotopic (exact) mass is 192 g/mol. The van der Waals surface area contributed by atoms with E-state index >= 15 is 0 Å². The molecule has 0 aliphatic heterocycles. The van der Waals surface area contributed by atoms with E-state index in [1.807, 2.05) is 0 Å². The van der Waals surface area contributed by atoms with Crippen LogP contribution in [0.1, 0.15) is 16.1 Å². The average Bonchev–Trinajstić information content (AvgIpc) is 2.46. The molecule has 0 spiro atoms. The Bertz CT molecular complexity index is 567. The highest BCUT2D eigenvalue weighted by atomic mass is 16.4. The number of hydrogen-bond donors (Lipinski definition) is 2. The van der Waals surface area contributed by atoms with E-state index in [1.165, 1.54) is 0 Å². The van der Waals surface area contributed by atoms with Crippen LogP contribution in [0.3, 0.4) is 0 Å². The second-order valence-corrected chi connectivity index (χ2v) is 2.91. The molecule has 14 heavy (non-hydrogen) atoms. The fourth-order valence-electron chi connectivity index (χ4n) is 1.37. The van der Waals surface area contributed by atoms with Crippen LogP contribution in [0.4, 0.5) is 0 Å². The maximum absolute atomic E-state index is 11.0. The summed E-state index contributed by atoms with van der Waals surface area (Å²) in [5.74, 6) is -1.38. The van der Waals surface area contributed by atoms with Crippen molar-refractivity contribution >= 4 is 17.0 Å². The first-order chi connectivity index (χ1) is 6.59. The lowest BCUT2D eigenvalue weighted by Crippen LogP contribution is -2.24.